The molecule has 1 heterocycles. The van der Waals surface area contributed by atoms with Crippen LogP contribution in [0.15, 0.2) is 12.4 Å². The quantitative estimate of drug-likeness (QED) is 0.671. The first-order valence-electron chi connectivity index (χ1n) is 5.63. The normalized spacial score (nSPS) is 11.7. The van der Waals surface area contributed by atoms with Crippen molar-refractivity contribution in [1.82, 2.24) is 15.3 Å². The summed E-state index contributed by atoms with van der Waals surface area (Å²) in [6.07, 6.45) is 2.35. The maximum atomic E-state index is 11.8. The smallest absolute Gasteiger partial charge is 0.326 e. The van der Waals surface area contributed by atoms with E-state index in [2.05, 4.69) is 15.3 Å². The summed E-state index contributed by atoms with van der Waals surface area (Å²) in [6.45, 7) is 0. The van der Waals surface area contributed by atoms with Crippen molar-refractivity contribution in [3.63, 3.8) is 0 Å². The molecule has 0 saturated carbocycles. The minimum absolute atomic E-state index is 0.00136. The molecule has 0 unspecified atom stereocenters. The number of amides is 1. The van der Waals surface area contributed by atoms with Crippen LogP contribution in [-0.2, 0) is 9.59 Å². The fourth-order valence-electron chi connectivity index (χ4n) is 1.40. The van der Waals surface area contributed by atoms with Crippen LogP contribution in [0.5, 0.6) is 0 Å². The van der Waals surface area contributed by atoms with E-state index in [-0.39, 0.29) is 30.1 Å². The average molecular weight is 302 g/mol. The Morgan fingerprint density at radius 3 is 2.55 bits per heavy atom. The molecule has 0 aliphatic rings. The van der Waals surface area contributed by atoms with Crippen molar-refractivity contribution in [3.8, 4) is 0 Å². The first-order valence-corrected chi connectivity index (χ1v) is 6.01. The van der Waals surface area contributed by atoms with Crippen LogP contribution in [0.1, 0.15) is 29.8 Å². The van der Waals surface area contributed by atoms with Crippen LogP contribution in [0, 0.1) is 0 Å². The Balaban J connectivity index is 2.63. The molecule has 0 saturated heterocycles. The van der Waals surface area contributed by atoms with Crippen molar-refractivity contribution in [2.45, 2.75) is 25.3 Å². The third-order valence-electron chi connectivity index (χ3n) is 2.32. The minimum atomic E-state index is -1.25. The van der Waals surface area contributed by atoms with Crippen LogP contribution in [0.25, 0.3) is 0 Å². The average Bonchev–Trinajstić information content (AvgIpc) is 2.36. The van der Waals surface area contributed by atoms with Gasteiger partial charge in [-0.3, -0.25) is 14.6 Å². The topological polar surface area (TPSA) is 129 Å². The van der Waals surface area contributed by atoms with Gasteiger partial charge >= 0.3 is 11.9 Å². The molecular weight excluding hydrogens is 290 g/mol. The number of hydrogen-bond donors (Lipinski definition) is 3. The zero-order chi connectivity index (χ0) is 15.1. The number of nitrogens with one attached hydrogen (secondary N) is 1. The third kappa shape index (κ3) is 5.19. The SMILES string of the molecule is O=C(O)CCC[C@@H](NC(=O)c1cncc(Cl)n1)C(=O)O. The van der Waals surface area contributed by atoms with E-state index in [0.29, 0.717) is 0 Å². The number of carboxylic acids is 2. The van der Waals surface area contributed by atoms with E-state index in [1.165, 1.54) is 6.20 Å². The third-order valence-corrected chi connectivity index (χ3v) is 2.51. The monoisotopic (exact) mass is 301 g/mol. The Kier molecular flexibility index (Phi) is 5.85. The summed E-state index contributed by atoms with van der Waals surface area (Å²) in [7, 11) is 0. The first-order chi connectivity index (χ1) is 9.40. The minimum Gasteiger partial charge on any atom is -0.481 e. The second-order valence-electron chi connectivity index (χ2n) is 3.88. The molecule has 0 spiro atoms. The largest absolute Gasteiger partial charge is 0.481 e. The maximum absolute atomic E-state index is 11.8. The molecule has 1 aromatic rings. The second-order valence-corrected chi connectivity index (χ2v) is 4.26. The number of nitrogens with zero attached hydrogens (tertiary/aromatic N) is 2. The highest BCUT2D eigenvalue weighted by atomic mass is 35.5. The number of hydrogen-bond acceptors (Lipinski definition) is 5. The van der Waals surface area contributed by atoms with E-state index in [4.69, 9.17) is 21.8 Å². The molecule has 9 heteroatoms. The molecule has 3 N–H and O–H groups in total. The van der Waals surface area contributed by atoms with Crippen molar-refractivity contribution in [3.05, 3.63) is 23.2 Å². The van der Waals surface area contributed by atoms with Gasteiger partial charge in [0, 0.05) is 6.42 Å². The van der Waals surface area contributed by atoms with Crippen molar-refractivity contribution < 1.29 is 24.6 Å². The number of rotatable bonds is 7. The highest BCUT2D eigenvalue weighted by Gasteiger charge is 2.21. The molecule has 0 fully saturated rings. The first kappa shape index (κ1) is 15.8. The van der Waals surface area contributed by atoms with E-state index in [1.54, 1.807) is 0 Å². The fraction of sp³-hybridized carbons (Fsp3) is 0.364. The maximum Gasteiger partial charge on any atom is 0.326 e. The summed E-state index contributed by atoms with van der Waals surface area (Å²) in [5.41, 5.74) is -0.109. The van der Waals surface area contributed by atoms with Crippen LogP contribution < -0.4 is 5.32 Å². The van der Waals surface area contributed by atoms with Gasteiger partial charge in [0.15, 0.2) is 0 Å². The zero-order valence-corrected chi connectivity index (χ0v) is 11.0. The van der Waals surface area contributed by atoms with E-state index in [9.17, 15) is 14.4 Å². The lowest BCUT2D eigenvalue weighted by atomic mass is 10.1. The predicted octanol–water partition coefficient (Wildman–Crippen LogP) is 0.568. The van der Waals surface area contributed by atoms with Crippen molar-refractivity contribution in [1.29, 1.82) is 0 Å². The van der Waals surface area contributed by atoms with Gasteiger partial charge in [-0.2, -0.15) is 0 Å². The molecule has 20 heavy (non-hydrogen) atoms. The van der Waals surface area contributed by atoms with Crippen molar-refractivity contribution in [2.75, 3.05) is 0 Å². The van der Waals surface area contributed by atoms with E-state index in [0.717, 1.165) is 6.20 Å². The standard InChI is InChI=1S/C11H12ClN3O5/c12-8-5-13-4-7(14-8)10(18)15-6(11(19)20)2-1-3-9(16)17/h4-6H,1-3H2,(H,15,18)(H,16,17)(H,19,20)/t6-/m1/s1. The van der Waals surface area contributed by atoms with Gasteiger partial charge in [0.1, 0.15) is 16.9 Å². The summed E-state index contributed by atoms with van der Waals surface area (Å²) in [4.78, 5) is 40.5. The van der Waals surface area contributed by atoms with Crippen molar-refractivity contribution in [2.24, 2.45) is 0 Å². The molecule has 8 nitrogen and oxygen atoms in total. The number of halogens is 1. The molecule has 1 aromatic heterocycles. The summed E-state index contributed by atoms with van der Waals surface area (Å²) < 4.78 is 0. The Morgan fingerprint density at radius 2 is 2.00 bits per heavy atom. The molecule has 0 aromatic carbocycles. The van der Waals surface area contributed by atoms with Crippen LogP contribution in [0.3, 0.4) is 0 Å². The number of carboxylic acid groups (broad SMARTS) is 2. The van der Waals surface area contributed by atoms with Gasteiger partial charge in [0.05, 0.1) is 12.4 Å². The number of aliphatic carboxylic acids is 2. The summed E-state index contributed by atoms with van der Waals surface area (Å²) in [6, 6.07) is -1.19. The summed E-state index contributed by atoms with van der Waals surface area (Å²) >= 11 is 5.57. The van der Waals surface area contributed by atoms with E-state index < -0.39 is 23.9 Å². The predicted molar refractivity (Wildman–Crippen MR) is 67.4 cm³/mol. The summed E-state index contributed by atoms with van der Waals surface area (Å²) in [5, 5.41) is 19.7. The van der Waals surface area contributed by atoms with Gasteiger partial charge in [-0.25, -0.2) is 9.78 Å². The lowest BCUT2D eigenvalue weighted by molar-refractivity contribution is -0.140. The molecule has 0 bridgehead atoms. The Hall–Kier alpha value is -2.22. The lowest BCUT2D eigenvalue weighted by Gasteiger charge is -2.13. The molecule has 0 aliphatic carbocycles. The fourth-order valence-corrected chi connectivity index (χ4v) is 1.55. The molecular formula is C11H12ClN3O5. The van der Waals surface area contributed by atoms with Crippen LogP contribution in [0.2, 0.25) is 5.15 Å². The molecule has 0 radical (unpaired) electrons. The molecule has 1 rings (SSSR count). The molecule has 0 aliphatic heterocycles. The molecule has 1 amide bonds. The van der Waals surface area contributed by atoms with Gasteiger partial charge in [0.25, 0.3) is 5.91 Å². The van der Waals surface area contributed by atoms with Gasteiger partial charge in [-0.1, -0.05) is 11.6 Å². The second kappa shape index (κ2) is 7.39. The lowest BCUT2D eigenvalue weighted by Crippen LogP contribution is -2.41. The highest BCUT2D eigenvalue weighted by molar-refractivity contribution is 6.29. The summed E-state index contributed by atoms with van der Waals surface area (Å²) in [5.74, 6) is -3.01. The highest BCUT2D eigenvalue weighted by Crippen LogP contribution is 2.05. The van der Waals surface area contributed by atoms with Crippen LogP contribution in [-0.4, -0.2) is 44.1 Å². The van der Waals surface area contributed by atoms with Crippen LogP contribution in [0.4, 0.5) is 0 Å². The number of carbonyl (C=O) groups is 3. The number of aromatic nitrogens is 2. The van der Waals surface area contributed by atoms with Crippen molar-refractivity contribution >= 4 is 29.4 Å². The van der Waals surface area contributed by atoms with Gasteiger partial charge in [0.2, 0.25) is 0 Å². The van der Waals surface area contributed by atoms with E-state index in [1.807, 2.05) is 0 Å². The molecule has 108 valence electrons. The Morgan fingerprint density at radius 1 is 1.30 bits per heavy atom. The van der Waals surface area contributed by atoms with Gasteiger partial charge in [-0.05, 0) is 12.8 Å². The van der Waals surface area contributed by atoms with Crippen LogP contribution >= 0.6 is 11.6 Å². The Bertz CT molecular complexity index is 523. The molecule has 1 atom stereocenters. The van der Waals surface area contributed by atoms with Gasteiger partial charge in [-0.15, -0.1) is 0 Å². The van der Waals surface area contributed by atoms with Gasteiger partial charge < -0.3 is 15.5 Å². The number of carbonyl (C=O) groups excluding carboxylic acids is 1. The Labute approximate surface area is 118 Å². The zero-order valence-electron chi connectivity index (χ0n) is 10.2. The van der Waals surface area contributed by atoms with E-state index >= 15 is 0 Å².